The van der Waals surface area contributed by atoms with E-state index >= 15 is 0 Å². The number of nitrogens with zero attached hydrogens (tertiary/aromatic N) is 1. The van der Waals surface area contributed by atoms with Crippen LogP contribution in [0.1, 0.15) is 22.8 Å². The van der Waals surface area contributed by atoms with Crippen molar-refractivity contribution in [1.29, 1.82) is 0 Å². The van der Waals surface area contributed by atoms with Crippen LogP contribution < -0.4 is 14.8 Å². The average Bonchev–Trinajstić information content (AvgIpc) is 3.23. The van der Waals surface area contributed by atoms with Crippen LogP contribution in [0.25, 0.3) is 0 Å². The van der Waals surface area contributed by atoms with Gasteiger partial charge in [-0.2, -0.15) is 0 Å². The molecular formula is C21H21FN2O6. The highest BCUT2D eigenvalue weighted by molar-refractivity contribution is 5.92. The number of benzene rings is 2. The molecule has 0 fully saturated rings. The first-order valence-electron chi connectivity index (χ1n) is 9.32. The Kier molecular flexibility index (Phi) is 6.84. The largest absolute Gasteiger partial charge is 0.454 e. The third-order valence-electron chi connectivity index (χ3n) is 4.41. The number of esters is 1. The number of carbonyl (C=O) groups is 3. The van der Waals surface area contributed by atoms with Crippen LogP contribution >= 0.6 is 0 Å². The van der Waals surface area contributed by atoms with Crippen LogP contribution in [0.15, 0.2) is 42.5 Å². The van der Waals surface area contributed by atoms with Crippen LogP contribution in [0.2, 0.25) is 0 Å². The maximum absolute atomic E-state index is 12.9. The fourth-order valence-corrected chi connectivity index (χ4v) is 2.73. The Morgan fingerprint density at radius 1 is 1.10 bits per heavy atom. The maximum atomic E-state index is 12.9. The second-order valence-corrected chi connectivity index (χ2v) is 6.46. The normalized spacial score (nSPS) is 11.7. The predicted molar refractivity (Wildman–Crippen MR) is 103 cm³/mol. The van der Waals surface area contributed by atoms with E-state index in [2.05, 4.69) is 5.32 Å². The van der Waals surface area contributed by atoms with E-state index in [-0.39, 0.29) is 43.7 Å². The minimum Gasteiger partial charge on any atom is -0.454 e. The highest BCUT2D eigenvalue weighted by Gasteiger charge is 2.20. The molecule has 2 aromatic carbocycles. The first kappa shape index (κ1) is 21.1. The van der Waals surface area contributed by atoms with Gasteiger partial charge in [-0.1, -0.05) is 12.1 Å². The molecule has 0 aromatic heterocycles. The van der Waals surface area contributed by atoms with Gasteiger partial charge in [-0.25, -0.2) is 9.18 Å². The van der Waals surface area contributed by atoms with Gasteiger partial charge >= 0.3 is 5.97 Å². The van der Waals surface area contributed by atoms with Crippen molar-refractivity contribution in [2.45, 2.75) is 13.5 Å². The first-order valence-corrected chi connectivity index (χ1v) is 9.32. The molecule has 0 bridgehead atoms. The molecule has 0 aliphatic carbocycles. The van der Waals surface area contributed by atoms with E-state index < -0.39 is 18.5 Å². The first-order chi connectivity index (χ1) is 14.5. The number of rotatable bonds is 8. The van der Waals surface area contributed by atoms with Gasteiger partial charge in [0, 0.05) is 13.1 Å². The molecule has 8 nitrogen and oxygen atoms in total. The fourth-order valence-electron chi connectivity index (χ4n) is 2.73. The fraction of sp³-hybridized carbons (Fsp3) is 0.286. The number of ether oxygens (including phenoxy) is 3. The van der Waals surface area contributed by atoms with Gasteiger partial charge in [-0.3, -0.25) is 9.59 Å². The topological polar surface area (TPSA) is 94.2 Å². The highest BCUT2D eigenvalue weighted by Crippen LogP contribution is 2.32. The third kappa shape index (κ3) is 5.47. The van der Waals surface area contributed by atoms with Crippen molar-refractivity contribution in [3.05, 3.63) is 59.4 Å². The lowest BCUT2D eigenvalue weighted by molar-refractivity contribution is -0.138. The molecule has 9 heteroatoms. The van der Waals surface area contributed by atoms with Crippen molar-refractivity contribution in [1.82, 2.24) is 10.2 Å². The van der Waals surface area contributed by atoms with E-state index in [4.69, 9.17) is 14.2 Å². The van der Waals surface area contributed by atoms with Crippen LogP contribution in [0, 0.1) is 5.82 Å². The Morgan fingerprint density at radius 3 is 2.57 bits per heavy atom. The molecule has 0 atom stereocenters. The van der Waals surface area contributed by atoms with Crippen molar-refractivity contribution in [3.63, 3.8) is 0 Å². The van der Waals surface area contributed by atoms with Crippen molar-refractivity contribution < 1.29 is 33.0 Å². The van der Waals surface area contributed by atoms with Crippen LogP contribution in [0.3, 0.4) is 0 Å². The van der Waals surface area contributed by atoms with E-state index in [1.54, 1.807) is 25.1 Å². The van der Waals surface area contributed by atoms with Gasteiger partial charge in [-0.05, 0) is 42.8 Å². The average molecular weight is 416 g/mol. The second-order valence-electron chi connectivity index (χ2n) is 6.46. The Labute approximate surface area is 172 Å². The summed E-state index contributed by atoms with van der Waals surface area (Å²) in [6, 6.07) is 10.3. The minimum absolute atomic E-state index is 0.0843. The monoisotopic (exact) mass is 416 g/mol. The Bertz CT molecular complexity index is 932. The van der Waals surface area contributed by atoms with Crippen LogP contribution in [-0.4, -0.2) is 49.2 Å². The van der Waals surface area contributed by atoms with Crippen LogP contribution in [0.4, 0.5) is 4.39 Å². The quantitative estimate of drug-likeness (QED) is 0.661. The van der Waals surface area contributed by atoms with Gasteiger partial charge < -0.3 is 24.4 Å². The minimum atomic E-state index is -0.682. The maximum Gasteiger partial charge on any atom is 0.338 e. The number of carbonyl (C=O) groups excluding carboxylic acids is 3. The number of hydrogen-bond acceptors (Lipinski definition) is 6. The zero-order valence-corrected chi connectivity index (χ0v) is 16.4. The van der Waals surface area contributed by atoms with Gasteiger partial charge in [0.25, 0.3) is 5.91 Å². The summed E-state index contributed by atoms with van der Waals surface area (Å²) in [5, 5.41) is 2.66. The molecule has 1 N–H and O–H groups in total. The molecule has 0 unspecified atom stereocenters. The van der Waals surface area contributed by atoms with E-state index in [9.17, 15) is 18.8 Å². The summed E-state index contributed by atoms with van der Waals surface area (Å²) in [5.74, 6) is -0.947. The second kappa shape index (κ2) is 9.73. The van der Waals surface area contributed by atoms with Crippen molar-refractivity contribution in [2.75, 3.05) is 26.5 Å². The van der Waals surface area contributed by atoms with Gasteiger partial charge in [0.2, 0.25) is 12.7 Å². The lowest BCUT2D eigenvalue weighted by Crippen LogP contribution is -2.42. The number of hydrogen-bond donors (Lipinski definition) is 1. The summed E-state index contributed by atoms with van der Waals surface area (Å²) in [5.41, 5.74) is 0.962. The SMILES string of the molecule is CCN(CC(=O)NCc1ccc(F)cc1)C(=O)COC(=O)c1ccc2c(c1)OCO2. The third-order valence-corrected chi connectivity index (χ3v) is 4.41. The summed E-state index contributed by atoms with van der Waals surface area (Å²) < 4.78 is 28.4. The van der Waals surface area contributed by atoms with Gasteiger partial charge in [0.15, 0.2) is 18.1 Å². The molecule has 1 aliphatic heterocycles. The number of fused-ring (bicyclic) bond motifs is 1. The zero-order chi connectivity index (χ0) is 21.5. The Morgan fingerprint density at radius 2 is 1.83 bits per heavy atom. The molecule has 2 aromatic rings. The summed E-state index contributed by atoms with van der Waals surface area (Å²) in [6.45, 7) is 1.60. The molecular weight excluding hydrogens is 395 g/mol. The molecule has 3 rings (SSSR count). The number of amides is 2. The lowest BCUT2D eigenvalue weighted by Gasteiger charge is -2.20. The summed E-state index contributed by atoms with van der Waals surface area (Å²) in [7, 11) is 0. The van der Waals surface area contributed by atoms with Gasteiger partial charge in [-0.15, -0.1) is 0 Å². The Hall–Kier alpha value is -3.62. The standard InChI is InChI=1S/C21H21FN2O6/c1-2-24(11-19(25)23-10-14-3-6-16(22)7-4-14)20(26)12-28-21(27)15-5-8-17-18(9-15)30-13-29-17/h3-9H,2,10-13H2,1H3,(H,23,25). The number of halogens is 1. The van der Waals surface area contributed by atoms with Crippen molar-refractivity contribution in [2.24, 2.45) is 0 Å². The van der Waals surface area contributed by atoms with Crippen LogP contribution in [-0.2, 0) is 20.9 Å². The Balaban J connectivity index is 1.46. The molecule has 30 heavy (non-hydrogen) atoms. The highest BCUT2D eigenvalue weighted by atomic mass is 19.1. The molecule has 2 amide bonds. The molecule has 158 valence electrons. The lowest BCUT2D eigenvalue weighted by atomic mass is 10.2. The van der Waals surface area contributed by atoms with Crippen molar-refractivity contribution >= 4 is 17.8 Å². The van der Waals surface area contributed by atoms with E-state index in [0.29, 0.717) is 11.5 Å². The van der Waals surface area contributed by atoms with Crippen LogP contribution in [0.5, 0.6) is 11.5 Å². The number of likely N-dealkylation sites (N-methyl/N-ethyl adjacent to an activating group) is 1. The smallest absolute Gasteiger partial charge is 0.338 e. The molecule has 0 radical (unpaired) electrons. The van der Waals surface area contributed by atoms with E-state index in [0.717, 1.165) is 5.56 Å². The predicted octanol–water partition coefficient (Wildman–Crippen LogP) is 1.88. The molecule has 0 spiro atoms. The van der Waals surface area contributed by atoms with Gasteiger partial charge in [0.1, 0.15) is 5.82 Å². The molecule has 0 saturated heterocycles. The molecule has 1 aliphatic rings. The van der Waals surface area contributed by atoms with Crippen molar-refractivity contribution in [3.8, 4) is 11.5 Å². The summed E-state index contributed by atoms with van der Waals surface area (Å²) >= 11 is 0. The molecule has 1 heterocycles. The summed E-state index contributed by atoms with van der Waals surface area (Å²) in [4.78, 5) is 37.9. The van der Waals surface area contributed by atoms with E-state index in [1.807, 2.05) is 0 Å². The zero-order valence-electron chi connectivity index (χ0n) is 16.4. The van der Waals surface area contributed by atoms with Gasteiger partial charge in [0.05, 0.1) is 12.1 Å². The molecule has 0 saturated carbocycles. The number of nitrogens with one attached hydrogen (secondary N) is 1. The van der Waals surface area contributed by atoms with E-state index in [1.165, 1.54) is 29.2 Å². The summed E-state index contributed by atoms with van der Waals surface area (Å²) in [6.07, 6.45) is 0.